The van der Waals surface area contributed by atoms with E-state index in [0.717, 1.165) is 0 Å². The molecule has 3 heterocycles. The monoisotopic (exact) mass is 385 g/mol. The molecule has 2 amide bonds. The van der Waals surface area contributed by atoms with E-state index in [9.17, 15) is 14.0 Å². The molecule has 0 saturated carbocycles. The summed E-state index contributed by atoms with van der Waals surface area (Å²) in [5, 5.41) is 2.12. The molecule has 4 rings (SSSR count). The number of nitrogens with zero attached hydrogens (tertiary/aromatic N) is 3. The molecule has 27 heavy (non-hydrogen) atoms. The number of carbonyl (C=O) groups is 2. The van der Waals surface area contributed by atoms with Crippen LogP contribution >= 0.6 is 11.3 Å². The van der Waals surface area contributed by atoms with Crippen LogP contribution in [0.5, 0.6) is 0 Å². The molecule has 1 aromatic carbocycles. The van der Waals surface area contributed by atoms with Gasteiger partial charge in [-0.2, -0.15) is 0 Å². The third-order valence-electron chi connectivity index (χ3n) is 4.41. The Labute approximate surface area is 158 Å². The minimum atomic E-state index is -0.365. The van der Waals surface area contributed by atoms with Crippen LogP contribution in [0, 0.1) is 5.82 Å². The predicted octanol–water partition coefficient (Wildman–Crippen LogP) is 3.14. The maximum Gasteiger partial charge on any atom is 0.289 e. The van der Waals surface area contributed by atoms with Crippen LogP contribution in [0.25, 0.3) is 10.6 Å². The van der Waals surface area contributed by atoms with Crippen molar-refractivity contribution >= 4 is 23.2 Å². The smallest absolute Gasteiger partial charge is 0.289 e. The van der Waals surface area contributed by atoms with Crippen LogP contribution in [0.15, 0.2) is 52.5 Å². The number of piperazine rings is 1. The SMILES string of the molecule is O=C(c1csc(-c2ccccc2F)n1)N1CCN(C(=O)c2ccco2)CC1. The molecule has 3 aromatic rings. The van der Waals surface area contributed by atoms with E-state index in [1.54, 1.807) is 45.5 Å². The fourth-order valence-corrected chi connectivity index (χ4v) is 3.78. The van der Waals surface area contributed by atoms with Gasteiger partial charge in [-0.15, -0.1) is 11.3 Å². The Bertz CT molecular complexity index is 962. The van der Waals surface area contributed by atoms with Gasteiger partial charge in [-0.3, -0.25) is 9.59 Å². The molecule has 0 radical (unpaired) electrons. The molecule has 0 aliphatic carbocycles. The molecule has 6 nitrogen and oxygen atoms in total. The second kappa shape index (κ2) is 7.32. The largest absolute Gasteiger partial charge is 0.459 e. The number of rotatable bonds is 3. The molecule has 1 aliphatic heterocycles. The second-order valence-corrected chi connectivity index (χ2v) is 6.94. The first kappa shape index (κ1) is 17.4. The predicted molar refractivity (Wildman–Crippen MR) is 98.0 cm³/mol. The summed E-state index contributed by atoms with van der Waals surface area (Å²) in [7, 11) is 0. The van der Waals surface area contributed by atoms with E-state index in [2.05, 4.69) is 4.98 Å². The van der Waals surface area contributed by atoms with Crippen LogP contribution in [0.1, 0.15) is 21.0 Å². The first-order valence-corrected chi connectivity index (χ1v) is 9.34. The molecule has 8 heteroatoms. The number of thiazole rings is 1. The maximum atomic E-state index is 13.9. The lowest BCUT2D eigenvalue weighted by Gasteiger charge is -2.34. The summed E-state index contributed by atoms with van der Waals surface area (Å²) in [6.07, 6.45) is 1.46. The quantitative estimate of drug-likeness (QED) is 0.695. The Morgan fingerprint density at radius 1 is 1.00 bits per heavy atom. The number of hydrogen-bond donors (Lipinski definition) is 0. The third-order valence-corrected chi connectivity index (χ3v) is 5.29. The summed E-state index contributed by atoms with van der Waals surface area (Å²) in [6.45, 7) is 1.68. The standard InChI is InChI=1S/C19H16FN3O3S/c20-14-5-2-1-4-13(14)17-21-15(12-27-17)18(24)22-7-9-23(10-8-22)19(25)16-6-3-11-26-16/h1-6,11-12H,7-10H2. The summed E-state index contributed by atoms with van der Waals surface area (Å²) < 4.78 is 19.0. The summed E-state index contributed by atoms with van der Waals surface area (Å²) in [5.41, 5.74) is 0.680. The van der Waals surface area contributed by atoms with Crippen LogP contribution in [0.3, 0.4) is 0 Å². The lowest BCUT2D eigenvalue weighted by molar-refractivity contribution is 0.0515. The highest BCUT2D eigenvalue weighted by atomic mass is 32.1. The van der Waals surface area contributed by atoms with Gasteiger partial charge < -0.3 is 14.2 Å². The first-order chi connectivity index (χ1) is 13.1. The zero-order valence-corrected chi connectivity index (χ0v) is 15.1. The molecule has 1 aliphatic rings. The zero-order valence-electron chi connectivity index (χ0n) is 14.3. The van der Waals surface area contributed by atoms with Gasteiger partial charge in [0.1, 0.15) is 16.5 Å². The number of amides is 2. The van der Waals surface area contributed by atoms with E-state index in [0.29, 0.717) is 48.2 Å². The highest BCUT2D eigenvalue weighted by Crippen LogP contribution is 2.26. The Balaban J connectivity index is 1.41. The molecule has 0 atom stereocenters. The molecular formula is C19H16FN3O3S. The van der Waals surface area contributed by atoms with Crippen molar-refractivity contribution in [2.75, 3.05) is 26.2 Å². The van der Waals surface area contributed by atoms with Gasteiger partial charge in [-0.1, -0.05) is 12.1 Å². The lowest BCUT2D eigenvalue weighted by Crippen LogP contribution is -2.50. The average molecular weight is 385 g/mol. The summed E-state index contributed by atoms with van der Waals surface area (Å²) in [6, 6.07) is 9.65. The number of carbonyl (C=O) groups excluding carboxylic acids is 2. The molecular weight excluding hydrogens is 369 g/mol. The minimum Gasteiger partial charge on any atom is -0.459 e. The number of benzene rings is 1. The summed E-state index contributed by atoms with van der Waals surface area (Å²) in [4.78, 5) is 32.6. The molecule has 0 spiro atoms. The molecule has 1 saturated heterocycles. The van der Waals surface area contributed by atoms with Gasteiger partial charge in [-0.05, 0) is 24.3 Å². The molecule has 0 N–H and O–H groups in total. The van der Waals surface area contributed by atoms with Crippen LogP contribution in [-0.2, 0) is 0 Å². The average Bonchev–Trinajstić information content (AvgIpc) is 3.39. The van der Waals surface area contributed by atoms with Crippen molar-refractivity contribution in [1.82, 2.24) is 14.8 Å². The van der Waals surface area contributed by atoms with E-state index in [-0.39, 0.29) is 17.6 Å². The van der Waals surface area contributed by atoms with E-state index in [1.165, 1.54) is 23.7 Å². The highest BCUT2D eigenvalue weighted by molar-refractivity contribution is 7.13. The summed E-state index contributed by atoms with van der Waals surface area (Å²) in [5.74, 6) is -0.457. The van der Waals surface area contributed by atoms with Crippen molar-refractivity contribution in [3.8, 4) is 10.6 Å². The topological polar surface area (TPSA) is 66.7 Å². The van der Waals surface area contributed by atoms with Crippen molar-refractivity contribution in [3.63, 3.8) is 0 Å². The molecule has 1 fully saturated rings. The Morgan fingerprint density at radius 3 is 2.37 bits per heavy atom. The van der Waals surface area contributed by atoms with Crippen molar-refractivity contribution in [2.24, 2.45) is 0 Å². The highest BCUT2D eigenvalue weighted by Gasteiger charge is 2.27. The number of furan rings is 1. The van der Waals surface area contributed by atoms with Crippen LogP contribution in [-0.4, -0.2) is 52.8 Å². The summed E-state index contributed by atoms with van der Waals surface area (Å²) >= 11 is 1.24. The van der Waals surface area contributed by atoms with Crippen molar-refractivity contribution in [2.45, 2.75) is 0 Å². The Kier molecular flexibility index (Phi) is 4.72. The van der Waals surface area contributed by atoms with E-state index in [4.69, 9.17) is 4.42 Å². The number of halogens is 1. The molecule has 138 valence electrons. The number of hydrogen-bond acceptors (Lipinski definition) is 5. The maximum absolute atomic E-state index is 13.9. The second-order valence-electron chi connectivity index (χ2n) is 6.08. The molecule has 0 unspecified atom stereocenters. The third kappa shape index (κ3) is 3.48. The van der Waals surface area contributed by atoms with E-state index in [1.807, 2.05) is 0 Å². The van der Waals surface area contributed by atoms with Crippen molar-refractivity contribution in [1.29, 1.82) is 0 Å². The van der Waals surface area contributed by atoms with Crippen molar-refractivity contribution in [3.05, 3.63) is 65.3 Å². The minimum absolute atomic E-state index is 0.178. The zero-order chi connectivity index (χ0) is 18.8. The van der Waals surface area contributed by atoms with Crippen LogP contribution in [0.2, 0.25) is 0 Å². The van der Waals surface area contributed by atoms with Gasteiger partial charge in [-0.25, -0.2) is 9.37 Å². The molecule has 0 bridgehead atoms. The van der Waals surface area contributed by atoms with Gasteiger partial charge in [0.25, 0.3) is 11.8 Å². The van der Waals surface area contributed by atoms with Gasteiger partial charge in [0.15, 0.2) is 5.76 Å². The van der Waals surface area contributed by atoms with Crippen LogP contribution in [0.4, 0.5) is 4.39 Å². The fraction of sp³-hybridized carbons (Fsp3) is 0.211. The molecule has 2 aromatic heterocycles. The Hall–Kier alpha value is -3.00. The lowest BCUT2D eigenvalue weighted by atomic mass is 10.2. The normalized spacial score (nSPS) is 14.4. The van der Waals surface area contributed by atoms with E-state index >= 15 is 0 Å². The van der Waals surface area contributed by atoms with Gasteiger partial charge >= 0.3 is 0 Å². The van der Waals surface area contributed by atoms with Crippen LogP contribution < -0.4 is 0 Å². The fourth-order valence-electron chi connectivity index (χ4n) is 2.96. The van der Waals surface area contributed by atoms with Gasteiger partial charge in [0.2, 0.25) is 0 Å². The van der Waals surface area contributed by atoms with Gasteiger partial charge in [0.05, 0.1) is 6.26 Å². The van der Waals surface area contributed by atoms with E-state index < -0.39 is 0 Å². The van der Waals surface area contributed by atoms with Crippen molar-refractivity contribution < 1.29 is 18.4 Å². The Morgan fingerprint density at radius 2 is 1.70 bits per heavy atom. The number of aromatic nitrogens is 1. The van der Waals surface area contributed by atoms with Gasteiger partial charge in [0, 0.05) is 37.1 Å². The first-order valence-electron chi connectivity index (χ1n) is 8.46.